The van der Waals surface area contributed by atoms with Gasteiger partial charge in [0.05, 0.1) is 0 Å². The smallest absolute Gasteiger partial charge is 0.347 e. The monoisotopic (exact) mass is 329 g/mol. The third kappa shape index (κ3) is 2.63. The van der Waals surface area contributed by atoms with Crippen LogP contribution in [-0.2, 0) is 4.74 Å². The van der Waals surface area contributed by atoms with Crippen molar-refractivity contribution in [3.05, 3.63) is 39.7 Å². The topological polar surface area (TPSA) is 59.8 Å². The van der Waals surface area contributed by atoms with Crippen molar-refractivity contribution in [2.24, 2.45) is 0 Å². The first-order chi connectivity index (χ1) is 11.2. The van der Waals surface area contributed by atoms with Gasteiger partial charge in [-0.2, -0.15) is 0 Å². The van der Waals surface area contributed by atoms with Crippen molar-refractivity contribution in [1.82, 2.24) is 0 Å². The molecule has 0 spiro atoms. The summed E-state index contributed by atoms with van der Waals surface area (Å²) in [7, 11) is 3.49. The Bertz CT molecular complexity index is 866. The van der Waals surface area contributed by atoms with E-state index in [4.69, 9.17) is 9.15 Å². The molecule has 0 saturated heterocycles. The van der Waals surface area contributed by atoms with Crippen molar-refractivity contribution in [3.8, 4) is 0 Å². The molecule has 0 unspecified atom stereocenters. The van der Waals surface area contributed by atoms with E-state index in [0.717, 1.165) is 17.5 Å². The number of hydrogen-bond acceptors (Lipinski definition) is 5. The zero-order valence-electron chi connectivity index (χ0n) is 14.8. The van der Waals surface area contributed by atoms with E-state index in [0.29, 0.717) is 11.5 Å². The van der Waals surface area contributed by atoms with Gasteiger partial charge in [-0.15, -0.1) is 0 Å². The molecular formula is C19H23NO4. The Balaban J connectivity index is 2.20. The fourth-order valence-electron chi connectivity index (χ4n) is 3.58. The Hall–Kier alpha value is -2.14. The third-order valence-corrected chi connectivity index (χ3v) is 5.06. The van der Waals surface area contributed by atoms with Crippen LogP contribution in [0.1, 0.15) is 49.0 Å². The molecule has 2 heterocycles. The van der Waals surface area contributed by atoms with Crippen molar-refractivity contribution in [2.45, 2.75) is 38.6 Å². The van der Waals surface area contributed by atoms with Gasteiger partial charge in [-0.25, -0.2) is 4.79 Å². The number of Topliss-reactive ketones (excluding diaryl/α,β-unsaturated/α-hetero) is 1. The third-order valence-electron chi connectivity index (χ3n) is 5.06. The number of carbonyl (C=O) groups excluding carboxylic acids is 1. The summed E-state index contributed by atoms with van der Waals surface area (Å²) in [5.41, 5.74) is 2.25. The van der Waals surface area contributed by atoms with Gasteiger partial charge in [-0.3, -0.25) is 4.79 Å². The van der Waals surface area contributed by atoms with Gasteiger partial charge >= 0.3 is 5.63 Å². The largest absolute Gasteiger partial charge is 0.422 e. The van der Waals surface area contributed by atoms with Gasteiger partial charge in [0.1, 0.15) is 17.8 Å². The van der Waals surface area contributed by atoms with E-state index in [1.54, 1.807) is 6.07 Å². The highest BCUT2D eigenvalue weighted by Crippen LogP contribution is 2.43. The van der Waals surface area contributed by atoms with Crippen molar-refractivity contribution in [1.29, 1.82) is 0 Å². The first-order valence-electron chi connectivity index (χ1n) is 8.12. The lowest BCUT2D eigenvalue weighted by Crippen LogP contribution is -2.45. The Kier molecular flexibility index (Phi) is 4.00. The Labute approximate surface area is 141 Å². The summed E-state index contributed by atoms with van der Waals surface area (Å²) in [6.07, 6.45) is 1.04. The predicted octanol–water partition coefficient (Wildman–Crippen LogP) is 3.34. The second-order valence-electron chi connectivity index (χ2n) is 7.23. The molecule has 0 N–H and O–H groups in total. The molecular weight excluding hydrogens is 306 g/mol. The van der Waals surface area contributed by atoms with E-state index in [9.17, 15) is 9.59 Å². The molecule has 3 rings (SSSR count). The summed E-state index contributed by atoms with van der Waals surface area (Å²) in [5, 5.41) is 0.771. The second kappa shape index (κ2) is 5.74. The molecule has 2 aromatic rings. The van der Waals surface area contributed by atoms with Crippen LogP contribution in [0.15, 0.2) is 27.4 Å². The maximum Gasteiger partial charge on any atom is 0.347 e. The SMILES string of the molecule is COCC(=O)c1cc2cc3c(cc2oc1=O)N(C)C(C)(C)C[C@H]3C. The van der Waals surface area contributed by atoms with Crippen molar-refractivity contribution < 1.29 is 13.9 Å². The average Bonchev–Trinajstić information content (AvgIpc) is 2.50. The van der Waals surface area contributed by atoms with Crippen LogP contribution in [0.25, 0.3) is 11.0 Å². The van der Waals surface area contributed by atoms with E-state index >= 15 is 0 Å². The zero-order valence-corrected chi connectivity index (χ0v) is 14.8. The molecule has 128 valence electrons. The molecule has 0 aliphatic carbocycles. The van der Waals surface area contributed by atoms with Crippen LogP contribution in [0.3, 0.4) is 0 Å². The van der Waals surface area contributed by atoms with E-state index in [1.807, 2.05) is 12.1 Å². The molecule has 1 aromatic carbocycles. The van der Waals surface area contributed by atoms with Crippen molar-refractivity contribution >= 4 is 22.4 Å². The van der Waals surface area contributed by atoms with Crippen LogP contribution in [-0.4, -0.2) is 32.1 Å². The number of ketones is 1. The highest BCUT2D eigenvalue weighted by atomic mass is 16.5. The lowest BCUT2D eigenvalue weighted by molar-refractivity contribution is 0.0844. The van der Waals surface area contributed by atoms with Gasteiger partial charge in [-0.1, -0.05) is 6.92 Å². The summed E-state index contributed by atoms with van der Waals surface area (Å²) in [5.74, 6) is 0.0258. The van der Waals surface area contributed by atoms with Gasteiger partial charge in [0.2, 0.25) is 0 Å². The summed E-state index contributed by atoms with van der Waals surface area (Å²) < 4.78 is 10.3. The van der Waals surface area contributed by atoms with Crippen LogP contribution in [0.4, 0.5) is 5.69 Å². The van der Waals surface area contributed by atoms with E-state index in [-0.39, 0.29) is 23.5 Å². The molecule has 0 fully saturated rings. The average molecular weight is 329 g/mol. The maximum atomic E-state index is 12.1. The second-order valence-corrected chi connectivity index (χ2v) is 7.23. The van der Waals surface area contributed by atoms with Crippen LogP contribution >= 0.6 is 0 Å². The summed E-state index contributed by atoms with van der Waals surface area (Å²) in [4.78, 5) is 26.4. The van der Waals surface area contributed by atoms with Gasteiger partial charge in [-0.05, 0) is 43.9 Å². The minimum absolute atomic E-state index is 0.0365. The number of methoxy groups -OCH3 is 1. The molecule has 0 radical (unpaired) electrons. The molecule has 0 saturated carbocycles. The van der Waals surface area contributed by atoms with E-state index < -0.39 is 5.63 Å². The maximum absolute atomic E-state index is 12.1. The summed E-state index contributed by atoms with van der Waals surface area (Å²) in [6, 6.07) is 5.57. The fraction of sp³-hybridized carbons (Fsp3) is 0.474. The Morgan fingerprint density at radius 3 is 2.75 bits per heavy atom. The minimum Gasteiger partial charge on any atom is -0.422 e. The van der Waals surface area contributed by atoms with E-state index in [1.165, 1.54) is 12.7 Å². The van der Waals surface area contributed by atoms with Crippen LogP contribution < -0.4 is 10.5 Å². The Morgan fingerprint density at radius 1 is 1.38 bits per heavy atom. The number of benzene rings is 1. The van der Waals surface area contributed by atoms with Gasteiger partial charge in [0.15, 0.2) is 5.78 Å². The van der Waals surface area contributed by atoms with Crippen LogP contribution in [0.5, 0.6) is 0 Å². The molecule has 24 heavy (non-hydrogen) atoms. The van der Waals surface area contributed by atoms with Crippen LogP contribution in [0.2, 0.25) is 0 Å². The summed E-state index contributed by atoms with van der Waals surface area (Å²) in [6.45, 7) is 6.49. The number of ether oxygens (including phenoxy) is 1. The number of hydrogen-bond donors (Lipinski definition) is 0. The summed E-state index contributed by atoms with van der Waals surface area (Å²) >= 11 is 0. The number of carbonyl (C=O) groups is 1. The molecule has 5 nitrogen and oxygen atoms in total. The molecule has 1 atom stereocenters. The van der Waals surface area contributed by atoms with Crippen LogP contribution in [0, 0.1) is 0 Å². The van der Waals surface area contributed by atoms with Gasteiger partial charge < -0.3 is 14.1 Å². The molecule has 1 aliphatic rings. The lowest BCUT2D eigenvalue weighted by atomic mass is 9.80. The fourth-order valence-corrected chi connectivity index (χ4v) is 3.58. The normalized spacial score (nSPS) is 19.4. The molecule has 0 bridgehead atoms. The number of nitrogens with zero attached hydrogens (tertiary/aromatic N) is 1. The molecule has 5 heteroatoms. The first-order valence-corrected chi connectivity index (χ1v) is 8.12. The standard InChI is InChI=1S/C19H23NO4/c1-11-9-19(2,3)20(4)15-8-17-12(6-13(11)15)7-14(18(22)24-17)16(21)10-23-5/h6-8,11H,9-10H2,1-5H3/t11-/m1/s1. The number of rotatable bonds is 3. The quantitative estimate of drug-likeness (QED) is 0.638. The van der Waals surface area contributed by atoms with E-state index in [2.05, 4.69) is 32.7 Å². The molecule has 1 aromatic heterocycles. The molecule has 0 amide bonds. The number of fused-ring (bicyclic) bond motifs is 2. The zero-order chi connectivity index (χ0) is 17.6. The predicted molar refractivity (Wildman–Crippen MR) is 94.2 cm³/mol. The highest BCUT2D eigenvalue weighted by molar-refractivity contribution is 5.99. The van der Waals surface area contributed by atoms with Gasteiger partial charge in [0.25, 0.3) is 0 Å². The number of anilines is 1. The van der Waals surface area contributed by atoms with Gasteiger partial charge in [0, 0.05) is 36.8 Å². The van der Waals surface area contributed by atoms with Crippen molar-refractivity contribution in [2.75, 3.05) is 25.7 Å². The van der Waals surface area contributed by atoms with Crippen molar-refractivity contribution in [3.63, 3.8) is 0 Å². The highest BCUT2D eigenvalue weighted by Gasteiger charge is 2.34. The minimum atomic E-state index is -0.615. The molecule has 1 aliphatic heterocycles. The first kappa shape index (κ1) is 16.7. The lowest BCUT2D eigenvalue weighted by Gasteiger charge is -2.45. The Morgan fingerprint density at radius 2 is 2.08 bits per heavy atom.